The van der Waals surface area contributed by atoms with Gasteiger partial charge in [-0.2, -0.15) is 0 Å². The number of aryl methyl sites for hydroxylation is 4. The molecule has 4 aliphatic rings. The third kappa shape index (κ3) is 7.04. The Labute approximate surface area is 249 Å². The Morgan fingerprint density at radius 1 is 0.571 bits per heavy atom. The number of hydrogen-bond donors (Lipinski definition) is 2. The number of oxime groups is 1. The molecule has 0 saturated carbocycles. The average Bonchev–Trinajstić information content (AvgIpc) is 3.82. The highest BCUT2D eigenvalue weighted by atomic mass is 16.6. The fraction of sp³-hybridized carbons (Fsp3) is 0.297. The molecule has 5 nitrogen and oxygen atoms in total. The zero-order chi connectivity index (χ0) is 29.3. The van der Waals surface area contributed by atoms with Gasteiger partial charge in [0.15, 0.2) is 5.78 Å². The lowest BCUT2D eigenvalue weighted by Crippen LogP contribution is -2.04. The molecule has 0 spiro atoms. The molecule has 4 aliphatic carbocycles. The molecule has 0 bridgehead atoms. The van der Waals surface area contributed by atoms with Crippen molar-refractivity contribution in [3.05, 3.63) is 142 Å². The molecule has 5 heteroatoms. The normalized spacial score (nSPS) is 19.6. The third-order valence-electron chi connectivity index (χ3n) is 8.46. The molecule has 4 N–H and O–H groups in total. The summed E-state index contributed by atoms with van der Waals surface area (Å²) >= 11 is 0. The van der Waals surface area contributed by atoms with Crippen LogP contribution in [0.2, 0.25) is 0 Å². The molecule has 0 heterocycles. The first-order valence-electron chi connectivity index (χ1n) is 15.0. The first-order valence-corrected chi connectivity index (χ1v) is 15.0. The van der Waals surface area contributed by atoms with E-state index in [1.54, 1.807) is 7.11 Å². The van der Waals surface area contributed by atoms with Crippen molar-refractivity contribution < 1.29 is 9.63 Å². The van der Waals surface area contributed by atoms with E-state index in [1.807, 2.05) is 30.3 Å². The third-order valence-corrected chi connectivity index (χ3v) is 8.46. The van der Waals surface area contributed by atoms with Gasteiger partial charge < -0.3 is 16.3 Å². The summed E-state index contributed by atoms with van der Waals surface area (Å²) in [4.78, 5) is 15.8. The number of hydrogen-bond acceptors (Lipinski definition) is 5. The lowest BCUT2D eigenvalue weighted by atomic mass is 10.1. The summed E-state index contributed by atoms with van der Waals surface area (Å²) in [5, 5.41) is 3.98. The Morgan fingerprint density at radius 3 is 1.55 bits per heavy atom. The maximum atomic E-state index is 11.1. The van der Waals surface area contributed by atoms with E-state index in [0.717, 1.165) is 56.2 Å². The Morgan fingerprint density at radius 2 is 1.02 bits per heavy atom. The van der Waals surface area contributed by atoms with Crippen molar-refractivity contribution in [3.8, 4) is 0 Å². The minimum absolute atomic E-state index is 0.301. The van der Waals surface area contributed by atoms with Crippen molar-refractivity contribution in [1.29, 1.82) is 0 Å². The number of benzene rings is 4. The molecule has 8 rings (SSSR count). The summed E-state index contributed by atoms with van der Waals surface area (Å²) < 4.78 is 0. The van der Waals surface area contributed by atoms with Crippen LogP contribution in [0.4, 0.5) is 0 Å². The summed E-state index contributed by atoms with van der Waals surface area (Å²) in [6.07, 6.45) is 8.33. The molecule has 4 aromatic carbocycles. The van der Waals surface area contributed by atoms with E-state index in [1.165, 1.54) is 38.9 Å². The van der Waals surface area contributed by atoms with Gasteiger partial charge in [-0.25, -0.2) is 0 Å². The molecule has 0 aromatic heterocycles. The number of nitrogens with two attached hydrogens (primary N) is 2. The molecule has 216 valence electrons. The number of Topliss-reactive ketones (excluding diaryl/α,β-unsaturated/α-hetero) is 1. The largest absolute Gasteiger partial charge is 0.399 e. The van der Waals surface area contributed by atoms with Crippen LogP contribution in [0.1, 0.15) is 87.1 Å². The topological polar surface area (TPSA) is 90.7 Å². The van der Waals surface area contributed by atoms with Crippen molar-refractivity contribution in [2.24, 2.45) is 16.6 Å². The van der Waals surface area contributed by atoms with Crippen LogP contribution in [-0.4, -0.2) is 18.6 Å². The number of fused-ring (bicyclic) bond motifs is 4. The van der Waals surface area contributed by atoms with E-state index in [2.05, 4.69) is 71.9 Å². The highest BCUT2D eigenvalue weighted by molar-refractivity contribution is 6.04. The Kier molecular flexibility index (Phi) is 9.96. The summed E-state index contributed by atoms with van der Waals surface area (Å²) in [6, 6.07) is 33.7. The van der Waals surface area contributed by atoms with Gasteiger partial charge in [0.05, 0.1) is 5.71 Å². The Hall–Kier alpha value is -4.06. The molecule has 1 unspecified atom stereocenters. The number of carbonyl (C=O) groups is 1. The van der Waals surface area contributed by atoms with Gasteiger partial charge in [0.1, 0.15) is 7.11 Å². The molecule has 4 aromatic rings. The van der Waals surface area contributed by atoms with E-state index in [4.69, 9.17) is 16.3 Å². The van der Waals surface area contributed by atoms with Gasteiger partial charge in [-0.05, 0) is 78.3 Å². The molecule has 0 fully saturated rings. The van der Waals surface area contributed by atoms with E-state index < -0.39 is 0 Å². The average molecular weight is 560 g/mol. The zero-order valence-electron chi connectivity index (χ0n) is 24.5. The van der Waals surface area contributed by atoms with Gasteiger partial charge in [-0.1, -0.05) is 102 Å². The van der Waals surface area contributed by atoms with Crippen LogP contribution in [0.25, 0.3) is 0 Å². The maximum Gasteiger partial charge on any atom is 0.163 e. The van der Waals surface area contributed by atoms with Gasteiger partial charge in [-0.15, -0.1) is 0 Å². The molecular formula is C37H41N3O2. The summed E-state index contributed by atoms with van der Waals surface area (Å²) in [6.45, 7) is 0. The van der Waals surface area contributed by atoms with Crippen LogP contribution in [0.15, 0.2) is 102 Å². The van der Waals surface area contributed by atoms with E-state index >= 15 is 0 Å². The van der Waals surface area contributed by atoms with E-state index in [0.29, 0.717) is 24.3 Å². The zero-order valence-corrected chi connectivity index (χ0v) is 24.5. The molecule has 0 aliphatic heterocycles. The van der Waals surface area contributed by atoms with Crippen molar-refractivity contribution in [2.45, 2.75) is 63.5 Å². The fourth-order valence-electron chi connectivity index (χ4n) is 6.19. The quantitative estimate of drug-likeness (QED) is 0.244. The van der Waals surface area contributed by atoms with Crippen molar-refractivity contribution in [2.75, 3.05) is 7.11 Å². The number of nitrogens with zero attached hydrogens (tertiary/aromatic N) is 1. The van der Waals surface area contributed by atoms with E-state index in [-0.39, 0.29) is 0 Å². The van der Waals surface area contributed by atoms with Crippen molar-refractivity contribution in [3.63, 3.8) is 0 Å². The SMILES string of the molecule is CO/N=C1\CCc2ccccc21.NC1CCc2ccccc21.N[C@@H]1CCc2ccccc21.O=C1CCc2ccccc21. The monoisotopic (exact) mass is 559 g/mol. The van der Waals surface area contributed by atoms with Crippen LogP contribution >= 0.6 is 0 Å². The van der Waals surface area contributed by atoms with Crippen LogP contribution in [-0.2, 0) is 30.5 Å². The minimum atomic E-state index is 0.301. The van der Waals surface area contributed by atoms with E-state index in [9.17, 15) is 4.79 Å². The number of carbonyl (C=O) groups excluding carboxylic acids is 1. The van der Waals surface area contributed by atoms with Gasteiger partial charge in [0, 0.05) is 29.6 Å². The smallest absolute Gasteiger partial charge is 0.163 e. The minimum Gasteiger partial charge on any atom is -0.399 e. The van der Waals surface area contributed by atoms with Crippen LogP contribution in [0, 0.1) is 0 Å². The second kappa shape index (κ2) is 14.2. The molecule has 2 atom stereocenters. The summed E-state index contributed by atoms with van der Waals surface area (Å²) in [7, 11) is 1.59. The first kappa shape index (κ1) is 29.4. The van der Waals surface area contributed by atoms with Crippen LogP contribution in [0.3, 0.4) is 0 Å². The summed E-state index contributed by atoms with van der Waals surface area (Å²) in [5.74, 6) is 0.301. The second-order valence-corrected chi connectivity index (χ2v) is 11.1. The van der Waals surface area contributed by atoms with Crippen LogP contribution in [0.5, 0.6) is 0 Å². The molecule has 0 amide bonds. The van der Waals surface area contributed by atoms with Gasteiger partial charge in [0.25, 0.3) is 0 Å². The summed E-state index contributed by atoms with van der Waals surface area (Å²) in [5.41, 5.74) is 23.1. The van der Waals surface area contributed by atoms with Crippen molar-refractivity contribution in [1.82, 2.24) is 0 Å². The van der Waals surface area contributed by atoms with Gasteiger partial charge in [0.2, 0.25) is 0 Å². The fourth-order valence-corrected chi connectivity index (χ4v) is 6.19. The lowest BCUT2D eigenvalue weighted by Gasteiger charge is -2.01. The molecule has 42 heavy (non-hydrogen) atoms. The lowest BCUT2D eigenvalue weighted by molar-refractivity contribution is 0.0994. The highest BCUT2D eigenvalue weighted by Crippen LogP contribution is 2.29. The van der Waals surface area contributed by atoms with Crippen molar-refractivity contribution >= 4 is 11.5 Å². The first-order chi connectivity index (χ1) is 20.5. The van der Waals surface area contributed by atoms with Crippen LogP contribution < -0.4 is 11.5 Å². The standard InChI is InChI=1S/C10H11NO.2C9H11N.C9H8O/c1-12-11-10-7-6-8-4-2-3-5-9(8)10;3*10-9-6-5-7-3-1-2-4-8(7)9/h2-5H,6-7H2,1H3;2*1-4,9H,5-6,10H2;1-4H,5-6H2/b11-10+;;;/t;9-;;/m.1../s1. The predicted octanol–water partition coefficient (Wildman–Crippen LogP) is 7.06. The maximum absolute atomic E-state index is 11.1. The van der Waals surface area contributed by atoms with Gasteiger partial charge in [-0.3, -0.25) is 4.79 Å². The Bertz CT molecular complexity index is 1490. The number of ketones is 1. The van der Waals surface area contributed by atoms with Gasteiger partial charge >= 0.3 is 0 Å². The highest BCUT2D eigenvalue weighted by Gasteiger charge is 2.19. The predicted molar refractivity (Wildman–Crippen MR) is 171 cm³/mol. The second-order valence-electron chi connectivity index (χ2n) is 11.1. The number of rotatable bonds is 1. The molecule has 0 radical (unpaired) electrons. The Balaban J connectivity index is 0.000000112. The molecular weight excluding hydrogens is 518 g/mol. The molecule has 0 saturated heterocycles.